The summed E-state index contributed by atoms with van der Waals surface area (Å²) in [5.74, 6) is 0. The van der Waals surface area contributed by atoms with Gasteiger partial charge in [-0.1, -0.05) is 0 Å². The predicted octanol–water partition coefficient (Wildman–Crippen LogP) is 3.39. The number of ether oxygens (including phenoxy) is 5. The zero-order chi connectivity index (χ0) is 27.0. The van der Waals surface area contributed by atoms with Crippen LogP contribution in [0.3, 0.4) is 0 Å². The van der Waals surface area contributed by atoms with Gasteiger partial charge in [-0.3, -0.25) is 0 Å². The SMILES string of the molecule is CCOC(=S)[S-].CCOC(=S)[S-].CCOC(=S)[S-].CCOC(=S)[S-].CCOC(=S)[S-].[O]=[Sn+2].[Sb+3]. The largest absolute Gasteiger partial charge is 3.00 e. The molecule has 0 aromatic carbocycles. The molecule has 0 atom stereocenters. The third-order valence-electron chi connectivity index (χ3n) is 1.31. The first kappa shape index (κ1) is 51.6. The molecule has 18 heteroatoms. The summed E-state index contributed by atoms with van der Waals surface area (Å²) in [5, 5.41) is 0. The van der Waals surface area contributed by atoms with Gasteiger partial charge in [-0.15, -0.1) is 0 Å². The third kappa shape index (κ3) is 121. The van der Waals surface area contributed by atoms with Gasteiger partial charge in [0.15, 0.2) is 0 Å². The number of rotatable bonds is 5. The van der Waals surface area contributed by atoms with Crippen molar-refractivity contribution >= 4 is 193 Å². The molecule has 0 bridgehead atoms. The van der Waals surface area contributed by atoms with E-state index in [9.17, 15) is 0 Å². The molecule has 2 radical (unpaired) electrons. The molecule has 0 rings (SSSR count). The molecule has 0 aliphatic heterocycles. The van der Waals surface area contributed by atoms with E-state index in [1.807, 2.05) is 34.6 Å². The van der Waals surface area contributed by atoms with Crippen LogP contribution >= 0.6 is 61.1 Å². The van der Waals surface area contributed by atoms with Crippen LogP contribution < -0.4 is 0 Å². The first-order valence-corrected chi connectivity index (χ1v) is 13.5. The van der Waals surface area contributed by atoms with Crippen molar-refractivity contribution in [3.8, 4) is 0 Å². The number of hydrogen-bond acceptors (Lipinski definition) is 16. The zero-order valence-electron chi connectivity index (χ0n) is 18.5. The average molecular weight is 863 g/mol. The summed E-state index contributed by atoms with van der Waals surface area (Å²) in [4.78, 5) is 0. The summed E-state index contributed by atoms with van der Waals surface area (Å²) >= 11 is 44.2. The standard InChI is InChI=1S/5C3H6OS2.O.Sb.Sn/c5*1-2-4-3(5)6;;;/h5*2H2,1H3,(H,5,6);;;/q;;;;;;+3;+2/p-5. The molecule has 0 aliphatic rings. The minimum Gasteiger partial charge on any atom is 3.00 e. The molecule has 0 unspecified atom stereocenters. The molecular formula is C15H25O6S10SbSn. The van der Waals surface area contributed by atoms with E-state index < -0.39 is 0 Å². The molecule has 0 aromatic rings. The van der Waals surface area contributed by atoms with Crippen LogP contribution in [0.4, 0.5) is 0 Å². The molecule has 0 heterocycles. The Hall–Kier alpha value is 1.97. The fourth-order valence-electron chi connectivity index (χ4n) is 0.589. The minimum absolute atomic E-state index is 0. The number of thiocarbonyl (C=S) groups is 5. The summed E-state index contributed by atoms with van der Waals surface area (Å²) in [6.45, 7) is 12.2. The first-order valence-electron chi connectivity index (χ1n) is 8.24. The van der Waals surface area contributed by atoms with E-state index in [2.05, 4.69) is 148 Å². The zero-order valence-corrected chi connectivity index (χ0v) is 32.1. The van der Waals surface area contributed by atoms with Crippen LogP contribution in [0.2, 0.25) is 0 Å². The summed E-state index contributed by atoms with van der Waals surface area (Å²) in [6.07, 6.45) is 0. The van der Waals surface area contributed by atoms with Crippen molar-refractivity contribution < 1.29 is 26.8 Å². The van der Waals surface area contributed by atoms with Gasteiger partial charge in [0.2, 0.25) is 0 Å². The second-order valence-corrected chi connectivity index (χ2v) is 8.42. The minimum atomic E-state index is 0. The van der Waals surface area contributed by atoms with Crippen molar-refractivity contribution in [2.75, 3.05) is 33.0 Å². The van der Waals surface area contributed by atoms with E-state index in [1.54, 1.807) is 0 Å². The Kier molecular flexibility index (Phi) is 79.3. The van der Waals surface area contributed by atoms with Crippen LogP contribution in [0, 0.1) is 0 Å². The Morgan fingerprint density at radius 1 is 0.485 bits per heavy atom. The van der Waals surface area contributed by atoms with E-state index in [1.165, 1.54) is 0 Å². The van der Waals surface area contributed by atoms with Crippen LogP contribution in [0.15, 0.2) is 0 Å². The monoisotopic (exact) mass is 862 g/mol. The summed E-state index contributed by atoms with van der Waals surface area (Å²) in [7, 11) is 0. The molecule has 0 amide bonds. The Labute approximate surface area is 283 Å². The van der Waals surface area contributed by atoms with Crippen molar-refractivity contribution in [3.63, 3.8) is 0 Å². The Bertz CT molecular complexity index is 386. The van der Waals surface area contributed by atoms with E-state index in [0.717, 1.165) is 0 Å². The van der Waals surface area contributed by atoms with Crippen LogP contribution in [0.25, 0.3) is 0 Å². The summed E-state index contributed by atoms with van der Waals surface area (Å²) in [6, 6.07) is 0. The maximum absolute atomic E-state index is 8.34. The third-order valence-corrected chi connectivity index (χ3v) is 2.49. The smallest absolute Gasteiger partial charge is 3.00 e. The second kappa shape index (κ2) is 50.8. The molecule has 0 saturated heterocycles. The molecular weight excluding hydrogens is 837 g/mol. The molecule has 0 spiro atoms. The Balaban J connectivity index is -0.0000000498. The van der Waals surface area contributed by atoms with Gasteiger partial charge in [0, 0.05) is 21.9 Å². The van der Waals surface area contributed by atoms with Gasteiger partial charge in [-0.25, -0.2) is 0 Å². The first-order chi connectivity index (χ1) is 14.9. The van der Waals surface area contributed by atoms with Gasteiger partial charge < -0.3 is 148 Å². The van der Waals surface area contributed by atoms with Gasteiger partial charge in [-0.05, 0) is 34.6 Å². The molecule has 0 aliphatic carbocycles. The topological polar surface area (TPSA) is 63.2 Å². The van der Waals surface area contributed by atoms with E-state index >= 15 is 0 Å². The quantitative estimate of drug-likeness (QED) is 0.231. The van der Waals surface area contributed by atoms with Gasteiger partial charge in [0.05, 0.1) is 33.0 Å². The Morgan fingerprint density at radius 3 is 0.576 bits per heavy atom. The molecule has 6 nitrogen and oxygen atoms in total. The van der Waals surface area contributed by atoms with Crippen LogP contribution in [0.1, 0.15) is 34.6 Å². The van der Waals surface area contributed by atoms with E-state index in [-0.39, 0.29) is 46.3 Å². The fourth-order valence-corrected chi connectivity index (χ4v) is 1.77. The number of hydrogen-bond donors (Lipinski definition) is 0. The second-order valence-electron chi connectivity index (χ2n) is 3.42. The van der Waals surface area contributed by atoms with Crippen molar-refractivity contribution in [2.45, 2.75) is 34.6 Å². The average Bonchev–Trinajstić information content (AvgIpc) is 2.65. The maximum Gasteiger partial charge on any atom is 3.00 e. The predicted molar refractivity (Wildman–Crippen MR) is 170 cm³/mol. The molecule has 0 N–H and O–H groups in total. The Morgan fingerprint density at radius 2 is 0.576 bits per heavy atom. The van der Waals surface area contributed by atoms with Crippen LogP contribution in [-0.4, -0.2) is 102 Å². The maximum atomic E-state index is 8.34. The summed E-state index contributed by atoms with van der Waals surface area (Å²) in [5.41, 5.74) is 0. The van der Waals surface area contributed by atoms with E-state index in [0.29, 0.717) is 55.5 Å². The fraction of sp³-hybridized carbons (Fsp3) is 0.667. The molecule has 0 saturated carbocycles. The van der Waals surface area contributed by atoms with E-state index in [4.69, 9.17) is 3.08 Å². The van der Waals surface area contributed by atoms with Crippen LogP contribution in [-0.2, 0) is 89.9 Å². The molecule has 190 valence electrons. The van der Waals surface area contributed by atoms with Gasteiger partial charge in [-0.2, -0.15) is 0 Å². The van der Waals surface area contributed by atoms with Gasteiger partial charge >= 0.3 is 50.0 Å². The summed E-state index contributed by atoms with van der Waals surface area (Å²) < 4.78 is 32.3. The van der Waals surface area contributed by atoms with Crippen molar-refractivity contribution in [1.29, 1.82) is 0 Å². The van der Waals surface area contributed by atoms with Crippen LogP contribution in [0.5, 0.6) is 0 Å². The van der Waals surface area contributed by atoms with Gasteiger partial charge in [0.1, 0.15) is 0 Å². The molecule has 0 aromatic heterocycles. The van der Waals surface area contributed by atoms with Crippen molar-refractivity contribution in [1.82, 2.24) is 0 Å². The van der Waals surface area contributed by atoms with Crippen molar-refractivity contribution in [2.24, 2.45) is 0 Å². The molecule has 0 fully saturated rings. The normalized spacial score (nSPS) is 7.00. The molecule has 33 heavy (non-hydrogen) atoms. The van der Waals surface area contributed by atoms with Crippen molar-refractivity contribution in [3.05, 3.63) is 0 Å². The van der Waals surface area contributed by atoms with Gasteiger partial charge in [0.25, 0.3) is 0 Å².